The van der Waals surface area contributed by atoms with Gasteiger partial charge in [-0.3, -0.25) is 9.48 Å². The standard InChI is InChI=1S/C23H23ClF3N5O/c24-13-4-7-18-17(10-13)19(12-21(31-18)23(25,26)27)29-14-2-1-3-15(11-14)30-22(33)20-8-9-28-32(20)16-5-6-16/h4,7-10,12,14-16H,1-3,5-6,11H2,(H,29,31)(H,30,33)/t14-,15+/m0/s1. The van der Waals surface area contributed by atoms with Crippen LogP contribution in [0.3, 0.4) is 0 Å². The smallest absolute Gasteiger partial charge is 0.382 e. The van der Waals surface area contributed by atoms with Gasteiger partial charge in [0.05, 0.1) is 11.6 Å². The van der Waals surface area contributed by atoms with Crippen LogP contribution in [0.15, 0.2) is 36.5 Å². The molecule has 6 nitrogen and oxygen atoms in total. The molecule has 2 aromatic heterocycles. The molecule has 2 saturated carbocycles. The fourth-order valence-electron chi connectivity index (χ4n) is 4.50. The average Bonchev–Trinajstić information content (AvgIpc) is 3.49. The van der Waals surface area contributed by atoms with Gasteiger partial charge >= 0.3 is 6.18 Å². The van der Waals surface area contributed by atoms with Crippen LogP contribution >= 0.6 is 11.6 Å². The van der Waals surface area contributed by atoms with Crippen molar-refractivity contribution in [2.45, 2.75) is 62.8 Å². The molecule has 2 aliphatic carbocycles. The number of halogens is 4. The first-order valence-electron chi connectivity index (χ1n) is 11.1. The maximum atomic E-state index is 13.4. The second-order valence-electron chi connectivity index (χ2n) is 8.78. The summed E-state index contributed by atoms with van der Waals surface area (Å²) in [6, 6.07) is 7.52. The number of hydrogen-bond acceptors (Lipinski definition) is 4. The van der Waals surface area contributed by atoms with E-state index in [9.17, 15) is 18.0 Å². The van der Waals surface area contributed by atoms with E-state index in [0.717, 1.165) is 38.2 Å². The number of carbonyl (C=O) groups is 1. The lowest BCUT2D eigenvalue weighted by molar-refractivity contribution is -0.140. The molecule has 2 aliphatic rings. The zero-order chi connectivity index (χ0) is 23.2. The van der Waals surface area contributed by atoms with Crippen molar-refractivity contribution >= 4 is 34.1 Å². The summed E-state index contributed by atoms with van der Waals surface area (Å²) in [5.41, 5.74) is 0.176. The second kappa shape index (κ2) is 8.52. The molecule has 2 atom stereocenters. The number of anilines is 1. The maximum absolute atomic E-state index is 13.4. The SMILES string of the molecule is O=C(N[C@@H]1CCC[C@H](Nc2cc(C(F)(F)F)nc3ccc(Cl)cc23)C1)c1ccnn1C1CC1. The molecule has 1 amide bonds. The summed E-state index contributed by atoms with van der Waals surface area (Å²) in [5.74, 6) is -0.162. The van der Waals surface area contributed by atoms with Crippen LogP contribution in [0.5, 0.6) is 0 Å². The lowest BCUT2D eigenvalue weighted by atomic mass is 9.90. The number of alkyl halides is 3. The summed E-state index contributed by atoms with van der Waals surface area (Å²) in [5, 5.41) is 11.6. The topological polar surface area (TPSA) is 71.8 Å². The quantitative estimate of drug-likeness (QED) is 0.502. The Morgan fingerprint density at radius 2 is 1.88 bits per heavy atom. The first kappa shape index (κ1) is 22.0. The van der Waals surface area contributed by atoms with E-state index in [1.165, 1.54) is 12.1 Å². The van der Waals surface area contributed by atoms with Gasteiger partial charge in [0.15, 0.2) is 0 Å². The molecule has 5 rings (SSSR count). The minimum atomic E-state index is -4.56. The molecule has 174 valence electrons. The predicted molar refractivity (Wildman–Crippen MR) is 119 cm³/mol. The highest BCUT2D eigenvalue weighted by molar-refractivity contribution is 6.31. The third kappa shape index (κ3) is 4.78. The Morgan fingerprint density at radius 1 is 1.09 bits per heavy atom. The fourth-order valence-corrected chi connectivity index (χ4v) is 4.67. The minimum absolute atomic E-state index is 0.0786. The van der Waals surface area contributed by atoms with Crippen molar-refractivity contribution in [3.05, 3.63) is 52.9 Å². The van der Waals surface area contributed by atoms with Crippen molar-refractivity contribution < 1.29 is 18.0 Å². The Hall–Kier alpha value is -2.81. The monoisotopic (exact) mass is 477 g/mol. The van der Waals surface area contributed by atoms with Gasteiger partial charge in [0, 0.05) is 34.4 Å². The molecule has 0 aliphatic heterocycles. The van der Waals surface area contributed by atoms with Crippen LogP contribution in [0.4, 0.5) is 18.9 Å². The Balaban J connectivity index is 1.33. The average molecular weight is 478 g/mol. The molecule has 2 fully saturated rings. The van der Waals surface area contributed by atoms with Crippen molar-refractivity contribution in [2.24, 2.45) is 0 Å². The molecule has 0 saturated heterocycles. The van der Waals surface area contributed by atoms with Crippen molar-refractivity contribution in [2.75, 3.05) is 5.32 Å². The van der Waals surface area contributed by atoms with E-state index in [2.05, 4.69) is 20.7 Å². The molecule has 0 spiro atoms. The zero-order valence-corrected chi connectivity index (χ0v) is 18.5. The number of benzene rings is 1. The van der Waals surface area contributed by atoms with E-state index in [1.54, 1.807) is 23.0 Å². The molecular weight excluding hydrogens is 455 g/mol. The number of carbonyl (C=O) groups excluding carboxylic acids is 1. The normalized spacial score (nSPS) is 21.2. The van der Waals surface area contributed by atoms with Gasteiger partial charge in [0.2, 0.25) is 0 Å². The number of nitrogens with zero attached hydrogens (tertiary/aromatic N) is 3. The van der Waals surface area contributed by atoms with E-state index in [-0.39, 0.29) is 23.5 Å². The van der Waals surface area contributed by atoms with Gasteiger partial charge in [0.1, 0.15) is 11.4 Å². The van der Waals surface area contributed by atoms with Crippen LogP contribution in [0.2, 0.25) is 5.02 Å². The summed E-state index contributed by atoms with van der Waals surface area (Å²) < 4.78 is 42.0. The van der Waals surface area contributed by atoms with Gasteiger partial charge in [-0.2, -0.15) is 18.3 Å². The summed E-state index contributed by atoms with van der Waals surface area (Å²) in [6.45, 7) is 0. The second-order valence-corrected chi connectivity index (χ2v) is 9.22. The Labute approximate surface area is 193 Å². The zero-order valence-electron chi connectivity index (χ0n) is 17.7. The highest BCUT2D eigenvalue weighted by Gasteiger charge is 2.34. The van der Waals surface area contributed by atoms with Crippen LogP contribution in [0, 0.1) is 0 Å². The minimum Gasteiger partial charge on any atom is -0.382 e. The first-order valence-corrected chi connectivity index (χ1v) is 11.4. The highest BCUT2D eigenvalue weighted by atomic mass is 35.5. The number of hydrogen-bond donors (Lipinski definition) is 2. The van der Waals surface area contributed by atoms with Gasteiger partial charge in [0.25, 0.3) is 5.91 Å². The first-order chi connectivity index (χ1) is 15.8. The van der Waals surface area contributed by atoms with E-state index < -0.39 is 11.9 Å². The molecule has 2 N–H and O–H groups in total. The van der Waals surface area contributed by atoms with E-state index in [1.807, 2.05) is 0 Å². The van der Waals surface area contributed by atoms with Crippen LogP contribution < -0.4 is 10.6 Å². The number of aromatic nitrogens is 3. The van der Waals surface area contributed by atoms with Crippen LogP contribution in [0.25, 0.3) is 10.9 Å². The maximum Gasteiger partial charge on any atom is 0.433 e. The molecule has 0 unspecified atom stereocenters. The third-order valence-electron chi connectivity index (χ3n) is 6.23. The Morgan fingerprint density at radius 3 is 2.64 bits per heavy atom. The number of pyridine rings is 1. The molecular formula is C23H23ClF3N5O. The van der Waals surface area contributed by atoms with Crippen molar-refractivity contribution in [3.8, 4) is 0 Å². The van der Waals surface area contributed by atoms with E-state index in [4.69, 9.17) is 11.6 Å². The summed E-state index contributed by atoms with van der Waals surface area (Å²) in [4.78, 5) is 16.6. The number of nitrogens with one attached hydrogen (secondary N) is 2. The van der Waals surface area contributed by atoms with Gasteiger partial charge < -0.3 is 10.6 Å². The molecule has 1 aromatic carbocycles. The summed E-state index contributed by atoms with van der Waals surface area (Å²) in [7, 11) is 0. The molecule has 0 bridgehead atoms. The Kier molecular flexibility index (Phi) is 5.68. The Bertz CT molecular complexity index is 1190. The van der Waals surface area contributed by atoms with Crippen LogP contribution in [-0.2, 0) is 6.18 Å². The van der Waals surface area contributed by atoms with Gasteiger partial charge in [-0.05, 0) is 68.9 Å². The largest absolute Gasteiger partial charge is 0.433 e. The molecule has 0 radical (unpaired) electrons. The van der Waals surface area contributed by atoms with E-state index in [0.29, 0.717) is 34.3 Å². The number of amides is 1. The van der Waals surface area contributed by atoms with Crippen molar-refractivity contribution in [3.63, 3.8) is 0 Å². The molecule has 3 aromatic rings. The van der Waals surface area contributed by atoms with Crippen molar-refractivity contribution in [1.29, 1.82) is 0 Å². The molecule has 33 heavy (non-hydrogen) atoms. The van der Waals surface area contributed by atoms with Crippen LogP contribution in [0.1, 0.15) is 60.7 Å². The molecule has 10 heteroatoms. The molecule has 2 heterocycles. The lowest BCUT2D eigenvalue weighted by Gasteiger charge is -2.31. The summed E-state index contributed by atoms with van der Waals surface area (Å²) >= 11 is 6.10. The fraction of sp³-hybridized carbons (Fsp3) is 0.435. The van der Waals surface area contributed by atoms with Crippen LogP contribution in [-0.4, -0.2) is 32.8 Å². The van der Waals surface area contributed by atoms with Gasteiger partial charge in [-0.1, -0.05) is 11.6 Å². The van der Waals surface area contributed by atoms with Gasteiger partial charge in [-0.25, -0.2) is 4.98 Å². The number of fused-ring (bicyclic) bond motifs is 1. The van der Waals surface area contributed by atoms with Crippen molar-refractivity contribution in [1.82, 2.24) is 20.1 Å². The lowest BCUT2D eigenvalue weighted by Crippen LogP contribution is -2.42. The summed E-state index contributed by atoms with van der Waals surface area (Å²) in [6.07, 6.45) is 2.20. The number of rotatable bonds is 5. The highest BCUT2D eigenvalue weighted by Crippen LogP contribution is 2.36. The third-order valence-corrected chi connectivity index (χ3v) is 6.46. The van der Waals surface area contributed by atoms with E-state index >= 15 is 0 Å². The predicted octanol–water partition coefficient (Wildman–Crippen LogP) is 5.59. The van der Waals surface area contributed by atoms with Gasteiger partial charge in [-0.15, -0.1) is 0 Å².